The number of ether oxygens (including phenoxy) is 6. The van der Waals surface area contributed by atoms with Gasteiger partial charge in [0.1, 0.15) is 12.3 Å². The van der Waals surface area contributed by atoms with Crippen LogP contribution >= 0.6 is 37.2 Å². The molecule has 0 unspecified atom stereocenters. The standard InChI is InChI=1S/C34H34N4O8.3ClH/c1-41-26-15-24-25(16-27(26)46-17-18-10-21(36)14-22(37)11-18)33(39)38(23-8-6-20(35)7-9-23)31(34(40)45-5)30(24)19-12-28(42-2)32(44-4)29(13-19)43-3;;;/h6-16H,17,35-37H2,1-5H3;3*1H. The highest BCUT2D eigenvalue weighted by molar-refractivity contribution is 6.08. The van der Waals surface area contributed by atoms with E-state index in [9.17, 15) is 9.59 Å². The van der Waals surface area contributed by atoms with Crippen molar-refractivity contribution in [2.24, 2.45) is 0 Å². The van der Waals surface area contributed by atoms with Gasteiger partial charge in [-0.2, -0.15) is 0 Å². The predicted octanol–water partition coefficient (Wildman–Crippen LogP) is 6.07. The molecule has 0 atom stereocenters. The van der Waals surface area contributed by atoms with E-state index in [0.29, 0.717) is 62.3 Å². The Labute approximate surface area is 301 Å². The van der Waals surface area contributed by atoms with Crippen LogP contribution in [0.1, 0.15) is 16.1 Å². The van der Waals surface area contributed by atoms with E-state index in [1.807, 2.05) is 0 Å². The molecule has 4 aromatic carbocycles. The summed E-state index contributed by atoms with van der Waals surface area (Å²) >= 11 is 0. The lowest BCUT2D eigenvalue weighted by Crippen LogP contribution is -2.27. The fraction of sp³-hybridized carbons (Fsp3) is 0.176. The van der Waals surface area contributed by atoms with Gasteiger partial charge in [-0.25, -0.2) is 4.79 Å². The van der Waals surface area contributed by atoms with Crippen LogP contribution in [0.5, 0.6) is 28.7 Å². The molecule has 0 aliphatic rings. The van der Waals surface area contributed by atoms with Crippen molar-refractivity contribution in [3.8, 4) is 45.6 Å². The molecule has 0 radical (unpaired) electrons. The summed E-state index contributed by atoms with van der Waals surface area (Å²) in [6.45, 7) is 0.0865. The van der Waals surface area contributed by atoms with Crippen molar-refractivity contribution in [1.82, 2.24) is 4.57 Å². The van der Waals surface area contributed by atoms with Crippen LogP contribution in [0.2, 0.25) is 0 Å². The number of nitrogens with zero attached hydrogens (tertiary/aromatic N) is 1. The normalized spacial score (nSPS) is 10.1. The molecule has 5 rings (SSSR count). The molecule has 49 heavy (non-hydrogen) atoms. The number of halogens is 3. The van der Waals surface area contributed by atoms with Crippen LogP contribution in [0.3, 0.4) is 0 Å². The fourth-order valence-corrected chi connectivity index (χ4v) is 5.34. The molecule has 15 heteroatoms. The summed E-state index contributed by atoms with van der Waals surface area (Å²) in [6.07, 6.45) is 0. The Morgan fingerprint density at radius 1 is 0.653 bits per heavy atom. The summed E-state index contributed by atoms with van der Waals surface area (Å²) in [6, 6.07) is 18.2. The molecule has 0 amide bonds. The van der Waals surface area contributed by atoms with Gasteiger partial charge in [0.2, 0.25) is 5.75 Å². The molecule has 0 saturated carbocycles. The molecular weight excluding hydrogens is 699 g/mol. The third-order valence-electron chi connectivity index (χ3n) is 7.38. The molecule has 0 aliphatic carbocycles. The Kier molecular flexibility index (Phi) is 13.7. The highest BCUT2D eigenvalue weighted by atomic mass is 35.5. The van der Waals surface area contributed by atoms with Crippen molar-refractivity contribution in [2.45, 2.75) is 6.61 Å². The van der Waals surface area contributed by atoms with Crippen molar-refractivity contribution < 1.29 is 33.2 Å². The number of rotatable bonds is 10. The van der Waals surface area contributed by atoms with Gasteiger partial charge in [0.15, 0.2) is 23.0 Å². The number of nitrogen functional groups attached to an aromatic ring is 3. The quantitative estimate of drug-likeness (QED) is 0.112. The maximum absolute atomic E-state index is 14.4. The van der Waals surface area contributed by atoms with Gasteiger partial charge in [-0.3, -0.25) is 9.36 Å². The van der Waals surface area contributed by atoms with Crippen LogP contribution in [-0.4, -0.2) is 46.1 Å². The van der Waals surface area contributed by atoms with Gasteiger partial charge >= 0.3 is 5.97 Å². The van der Waals surface area contributed by atoms with Gasteiger partial charge in [-0.15, -0.1) is 37.2 Å². The minimum absolute atomic E-state index is 0. The number of nitrogens with two attached hydrogens (primary N) is 3. The molecule has 0 spiro atoms. The SMILES string of the molecule is COC(=O)c1c(-c2cc(OC)c(OC)c(OC)c2)c2cc(OC)c(OCc3cc(N)cc(N)c3)cc2c(=O)n1-c1ccc(N)cc1.Cl.Cl.Cl. The topological polar surface area (TPSA) is 173 Å². The Hall–Kier alpha value is -5.17. The number of methoxy groups -OCH3 is 5. The predicted molar refractivity (Wildman–Crippen MR) is 198 cm³/mol. The number of carbonyl (C=O) groups is 1. The van der Waals surface area contributed by atoms with E-state index < -0.39 is 11.5 Å². The van der Waals surface area contributed by atoms with Gasteiger partial charge in [0.25, 0.3) is 5.56 Å². The molecule has 5 aromatic rings. The fourth-order valence-electron chi connectivity index (χ4n) is 5.34. The number of pyridine rings is 1. The highest BCUT2D eigenvalue weighted by Crippen LogP contribution is 2.45. The smallest absolute Gasteiger partial charge is 0.355 e. The van der Waals surface area contributed by atoms with E-state index >= 15 is 0 Å². The summed E-state index contributed by atoms with van der Waals surface area (Å²) in [5.41, 5.74) is 20.7. The zero-order chi connectivity index (χ0) is 33.1. The second-order valence-corrected chi connectivity index (χ2v) is 10.2. The number of hydrogen-bond donors (Lipinski definition) is 3. The number of anilines is 3. The second kappa shape index (κ2) is 16.8. The summed E-state index contributed by atoms with van der Waals surface area (Å²) < 4.78 is 35.2. The van der Waals surface area contributed by atoms with E-state index in [0.717, 1.165) is 5.56 Å². The third-order valence-corrected chi connectivity index (χ3v) is 7.38. The molecule has 0 fully saturated rings. The molecule has 12 nitrogen and oxygen atoms in total. The van der Waals surface area contributed by atoms with Gasteiger partial charge < -0.3 is 45.6 Å². The molecule has 6 N–H and O–H groups in total. The van der Waals surface area contributed by atoms with Crippen molar-refractivity contribution in [2.75, 3.05) is 52.7 Å². The van der Waals surface area contributed by atoms with Crippen LogP contribution < -0.4 is 46.4 Å². The first-order valence-electron chi connectivity index (χ1n) is 14.0. The largest absolute Gasteiger partial charge is 0.493 e. The van der Waals surface area contributed by atoms with E-state index in [1.54, 1.807) is 66.7 Å². The van der Waals surface area contributed by atoms with Crippen LogP contribution in [0.4, 0.5) is 17.1 Å². The molecular formula is C34H37Cl3N4O8. The number of aromatic nitrogens is 1. The van der Waals surface area contributed by atoms with Crippen molar-refractivity contribution in [3.05, 3.63) is 88.3 Å². The molecule has 1 aromatic heterocycles. The Bertz CT molecular complexity index is 1980. The minimum Gasteiger partial charge on any atom is -0.493 e. The highest BCUT2D eigenvalue weighted by Gasteiger charge is 2.28. The van der Waals surface area contributed by atoms with Gasteiger partial charge in [0, 0.05) is 33.7 Å². The average molecular weight is 736 g/mol. The molecule has 0 aliphatic heterocycles. The summed E-state index contributed by atoms with van der Waals surface area (Å²) in [7, 11) is 7.17. The maximum Gasteiger partial charge on any atom is 0.355 e. The second-order valence-electron chi connectivity index (χ2n) is 10.2. The number of benzene rings is 4. The number of fused-ring (bicyclic) bond motifs is 1. The third kappa shape index (κ3) is 7.78. The lowest BCUT2D eigenvalue weighted by atomic mass is 9.95. The first kappa shape index (κ1) is 40.0. The average Bonchev–Trinajstić information content (AvgIpc) is 3.05. The summed E-state index contributed by atoms with van der Waals surface area (Å²) in [4.78, 5) is 28.1. The molecule has 1 heterocycles. The monoisotopic (exact) mass is 734 g/mol. The van der Waals surface area contributed by atoms with Gasteiger partial charge in [-0.05, 0) is 77.9 Å². The van der Waals surface area contributed by atoms with Crippen molar-refractivity contribution in [3.63, 3.8) is 0 Å². The van der Waals surface area contributed by atoms with E-state index in [2.05, 4.69) is 0 Å². The van der Waals surface area contributed by atoms with Crippen LogP contribution in [-0.2, 0) is 11.3 Å². The summed E-state index contributed by atoms with van der Waals surface area (Å²) in [5.74, 6) is 0.828. The maximum atomic E-state index is 14.4. The zero-order valence-electron chi connectivity index (χ0n) is 27.2. The van der Waals surface area contributed by atoms with Crippen LogP contribution in [0, 0.1) is 0 Å². The summed E-state index contributed by atoms with van der Waals surface area (Å²) in [5, 5.41) is 0.597. The van der Waals surface area contributed by atoms with Crippen molar-refractivity contribution >= 4 is 71.0 Å². The lowest BCUT2D eigenvalue weighted by Gasteiger charge is -2.21. The Morgan fingerprint density at radius 2 is 1.20 bits per heavy atom. The van der Waals surface area contributed by atoms with E-state index in [1.165, 1.54) is 40.1 Å². The lowest BCUT2D eigenvalue weighted by molar-refractivity contribution is 0.0591. The van der Waals surface area contributed by atoms with E-state index in [4.69, 9.17) is 45.6 Å². The van der Waals surface area contributed by atoms with Crippen LogP contribution in [0.25, 0.3) is 27.6 Å². The Morgan fingerprint density at radius 3 is 1.71 bits per heavy atom. The number of hydrogen-bond acceptors (Lipinski definition) is 11. The molecule has 0 saturated heterocycles. The van der Waals surface area contributed by atoms with Gasteiger partial charge in [-0.1, -0.05) is 0 Å². The minimum atomic E-state index is -0.766. The van der Waals surface area contributed by atoms with Crippen LogP contribution in [0.15, 0.2) is 71.5 Å². The van der Waals surface area contributed by atoms with E-state index in [-0.39, 0.29) is 60.7 Å². The molecule has 0 bridgehead atoms. The first-order valence-corrected chi connectivity index (χ1v) is 14.0. The molecule has 262 valence electrons. The number of carbonyl (C=O) groups excluding carboxylic acids is 1. The van der Waals surface area contributed by atoms with Crippen molar-refractivity contribution in [1.29, 1.82) is 0 Å². The zero-order valence-corrected chi connectivity index (χ0v) is 29.7. The van der Waals surface area contributed by atoms with Gasteiger partial charge in [0.05, 0.1) is 40.9 Å². The number of esters is 1. The Balaban J connectivity index is 0.00000278. The first-order chi connectivity index (χ1) is 22.1.